The zero-order valence-corrected chi connectivity index (χ0v) is 17.2. The smallest absolute Gasteiger partial charge is 0.227 e. The molecule has 1 fully saturated rings. The van der Waals surface area contributed by atoms with Crippen molar-refractivity contribution in [2.45, 2.75) is 31.6 Å². The fraction of sp³-hybridized carbons (Fsp3) is 0.348. The molecule has 2 aromatic carbocycles. The van der Waals surface area contributed by atoms with Gasteiger partial charge >= 0.3 is 0 Å². The first-order valence-corrected chi connectivity index (χ1v) is 11.2. The van der Waals surface area contributed by atoms with Gasteiger partial charge in [0.15, 0.2) is 0 Å². The van der Waals surface area contributed by atoms with Gasteiger partial charge in [0, 0.05) is 18.4 Å². The molecule has 1 N–H and O–H groups in total. The van der Waals surface area contributed by atoms with E-state index >= 15 is 0 Å². The predicted octanol–water partition coefficient (Wildman–Crippen LogP) is 3.74. The van der Waals surface area contributed by atoms with Gasteiger partial charge in [0.25, 0.3) is 0 Å². The Hall–Kier alpha value is -2.57. The minimum Gasteiger partial charge on any atom is -0.339 e. The van der Waals surface area contributed by atoms with Crippen molar-refractivity contribution in [3.63, 3.8) is 0 Å². The fourth-order valence-corrected chi connectivity index (χ4v) is 5.31. The van der Waals surface area contributed by atoms with Crippen molar-refractivity contribution in [1.29, 1.82) is 0 Å². The Bertz CT molecular complexity index is 1040. The van der Waals surface area contributed by atoms with Crippen molar-refractivity contribution in [2.24, 2.45) is 0 Å². The number of fused-ring (bicyclic) bond motifs is 1. The second-order valence-electron chi connectivity index (χ2n) is 7.79. The van der Waals surface area contributed by atoms with Gasteiger partial charge in [-0.2, -0.15) is 4.98 Å². The van der Waals surface area contributed by atoms with E-state index in [0.29, 0.717) is 11.7 Å². The second kappa shape index (κ2) is 8.43. The van der Waals surface area contributed by atoms with Gasteiger partial charge in [-0.3, -0.25) is 0 Å². The summed E-state index contributed by atoms with van der Waals surface area (Å²) in [6, 6.07) is 18.5. The lowest BCUT2D eigenvalue weighted by Crippen LogP contribution is -3.13. The van der Waals surface area contributed by atoms with Crippen molar-refractivity contribution >= 4 is 21.6 Å². The highest BCUT2D eigenvalue weighted by molar-refractivity contribution is 7.18. The number of aryl methyl sites for hydroxylation is 1. The highest BCUT2D eigenvalue weighted by Crippen LogP contribution is 2.30. The lowest BCUT2D eigenvalue weighted by atomic mass is 9.98. The number of para-hydroxylation sites is 1. The molecule has 5 nitrogen and oxygen atoms in total. The number of likely N-dealkylation sites (tertiary alicyclic amines) is 1. The van der Waals surface area contributed by atoms with Crippen LogP contribution in [-0.2, 0) is 6.42 Å². The van der Waals surface area contributed by atoms with Crippen LogP contribution in [0, 0.1) is 0 Å². The van der Waals surface area contributed by atoms with E-state index in [-0.39, 0.29) is 0 Å². The molecule has 0 spiro atoms. The molecule has 2 atom stereocenters. The van der Waals surface area contributed by atoms with Gasteiger partial charge in [-0.25, -0.2) is 4.98 Å². The Morgan fingerprint density at radius 1 is 1.03 bits per heavy atom. The summed E-state index contributed by atoms with van der Waals surface area (Å²) in [4.78, 5) is 11.1. The molecule has 5 rings (SSSR count). The zero-order chi connectivity index (χ0) is 19.5. The number of hydrogen-bond donors (Lipinski definition) is 1. The maximum absolute atomic E-state index is 5.45. The first-order valence-electron chi connectivity index (χ1n) is 10.4. The lowest BCUT2D eigenvalue weighted by molar-refractivity contribution is -0.906. The summed E-state index contributed by atoms with van der Waals surface area (Å²) in [5, 5.41) is 5.44. The predicted molar refractivity (Wildman–Crippen MR) is 115 cm³/mol. The standard InChI is InChI=1S/C23H24N4OS/c1-2-8-17(9-3-1)22-25-21(28-26-22)13-7-15-27-14-6-10-18(16-27)23-24-19-11-4-5-12-20(19)29-23/h1-5,8-9,11-12,18H,6-7,10,13-16H2/p+1/t18-/m0/s1. The summed E-state index contributed by atoms with van der Waals surface area (Å²) in [6.45, 7) is 3.57. The number of rotatable bonds is 6. The van der Waals surface area contributed by atoms with E-state index in [1.54, 1.807) is 4.90 Å². The van der Waals surface area contributed by atoms with Crippen LogP contribution in [0.4, 0.5) is 0 Å². The Morgan fingerprint density at radius 3 is 2.79 bits per heavy atom. The normalized spacial score (nSPS) is 19.6. The molecule has 29 heavy (non-hydrogen) atoms. The molecule has 148 valence electrons. The third kappa shape index (κ3) is 4.23. The minimum absolute atomic E-state index is 0.587. The number of thiazole rings is 1. The third-order valence-corrected chi connectivity index (χ3v) is 6.90. The molecule has 6 heteroatoms. The average molecular weight is 406 g/mol. The van der Waals surface area contributed by atoms with Gasteiger partial charge in [-0.05, 0) is 25.0 Å². The monoisotopic (exact) mass is 405 g/mol. The third-order valence-electron chi connectivity index (χ3n) is 5.70. The Balaban J connectivity index is 1.16. The van der Waals surface area contributed by atoms with E-state index in [4.69, 9.17) is 9.51 Å². The molecule has 0 amide bonds. The van der Waals surface area contributed by atoms with Crippen LogP contribution in [0.5, 0.6) is 0 Å². The highest BCUT2D eigenvalue weighted by atomic mass is 32.1. The number of hydrogen-bond acceptors (Lipinski definition) is 5. The number of aromatic nitrogens is 3. The van der Waals surface area contributed by atoms with E-state index in [2.05, 4.69) is 34.4 Å². The van der Waals surface area contributed by atoms with Crippen LogP contribution in [0.2, 0.25) is 0 Å². The molecule has 1 saturated heterocycles. The average Bonchev–Trinajstić information content (AvgIpc) is 3.42. The van der Waals surface area contributed by atoms with Crippen LogP contribution in [0.3, 0.4) is 0 Å². The summed E-state index contributed by atoms with van der Waals surface area (Å²) < 4.78 is 6.76. The SMILES string of the molecule is c1ccc(-c2noc(CCC[NH+]3CCC[C@H](c4nc5ccccc5s4)C3)n2)cc1. The quantitative estimate of drug-likeness (QED) is 0.531. The van der Waals surface area contributed by atoms with Gasteiger partial charge in [-0.15, -0.1) is 11.3 Å². The number of nitrogens with one attached hydrogen (secondary N) is 1. The summed E-state index contributed by atoms with van der Waals surface area (Å²) in [7, 11) is 0. The van der Waals surface area contributed by atoms with Gasteiger partial charge in [0.1, 0.15) is 5.01 Å². The van der Waals surface area contributed by atoms with Crippen LogP contribution in [0.15, 0.2) is 59.1 Å². The largest absolute Gasteiger partial charge is 0.339 e. The topological polar surface area (TPSA) is 56.2 Å². The molecule has 4 aromatic rings. The fourth-order valence-electron chi connectivity index (χ4n) is 4.20. The number of benzene rings is 2. The van der Waals surface area contributed by atoms with Crippen molar-refractivity contribution in [1.82, 2.24) is 15.1 Å². The molecule has 1 aliphatic heterocycles. The Labute approximate surface area is 174 Å². The molecule has 1 unspecified atom stereocenters. The first kappa shape index (κ1) is 18.5. The summed E-state index contributed by atoms with van der Waals surface area (Å²) in [5.74, 6) is 2.01. The maximum atomic E-state index is 5.45. The van der Waals surface area contributed by atoms with E-state index in [9.17, 15) is 0 Å². The van der Waals surface area contributed by atoms with Crippen LogP contribution < -0.4 is 4.90 Å². The van der Waals surface area contributed by atoms with Crippen molar-refractivity contribution in [3.8, 4) is 11.4 Å². The second-order valence-corrected chi connectivity index (χ2v) is 8.86. The van der Waals surface area contributed by atoms with E-state index < -0.39 is 0 Å². The van der Waals surface area contributed by atoms with Gasteiger partial charge in [-0.1, -0.05) is 47.6 Å². The van der Waals surface area contributed by atoms with Gasteiger partial charge in [0.2, 0.25) is 11.7 Å². The number of quaternary nitrogens is 1. The summed E-state index contributed by atoms with van der Waals surface area (Å²) >= 11 is 1.87. The number of nitrogens with zero attached hydrogens (tertiary/aromatic N) is 3. The lowest BCUT2D eigenvalue weighted by Gasteiger charge is -2.28. The van der Waals surface area contributed by atoms with Crippen LogP contribution >= 0.6 is 11.3 Å². The minimum atomic E-state index is 0.587. The van der Waals surface area contributed by atoms with Crippen LogP contribution in [-0.4, -0.2) is 34.8 Å². The van der Waals surface area contributed by atoms with Crippen LogP contribution in [0.1, 0.15) is 36.1 Å². The molecule has 2 aromatic heterocycles. The number of piperidine rings is 1. The van der Waals surface area contributed by atoms with Crippen molar-refractivity contribution < 1.29 is 9.42 Å². The Kier molecular flexibility index (Phi) is 5.37. The van der Waals surface area contributed by atoms with Gasteiger partial charge < -0.3 is 9.42 Å². The van der Waals surface area contributed by atoms with Crippen LogP contribution in [0.25, 0.3) is 21.6 Å². The van der Waals surface area contributed by atoms with Crippen molar-refractivity contribution in [2.75, 3.05) is 19.6 Å². The zero-order valence-electron chi connectivity index (χ0n) is 16.4. The van der Waals surface area contributed by atoms with E-state index in [0.717, 1.165) is 36.4 Å². The maximum Gasteiger partial charge on any atom is 0.227 e. The van der Waals surface area contributed by atoms with E-state index in [1.165, 1.54) is 35.6 Å². The first-order chi connectivity index (χ1) is 14.3. The van der Waals surface area contributed by atoms with Crippen molar-refractivity contribution in [3.05, 3.63) is 65.5 Å². The molecule has 0 aliphatic carbocycles. The molecule has 1 aliphatic rings. The molecule has 3 heterocycles. The highest BCUT2D eigenvalue weighted by Gasteiger charge is 2.26. The summed E-state index contributed by atoms with van der Waals surface area (Å²) in [5.41, 5.74) is 2.15. The summed E-state index contributed by atoms with van der Waals surface area (Å²) in [6.07, 6.45) is 4.44. The molecule has 0 saturated carbocycles. The van der Waals surface area contributed by atoms with Gasteiger partial charge in [0.05, 0.1) is 35.8 Å². The molecule has 0 radical (unpaired) electrons. The molecular weight excluding hydrogens is 380 g/mol. The van der Waals surface area contributed by atoms with E-state index in [1.807, 2.05) is 41.7 Å². The Morgan fingerprint density at radius 2 is 1.90 bits per heavy atom. The molecular formula is C23H25N4OS+. The molecule has 0 bridgehead atoms.